The zero-order valence-electron chi connectivity index (χ0n) is 13.8. The van der Waals surface area contributed by atoms with Crippen LogP contribution in [-0.2, 0) is 4.79 Å². The molecule has 3 rings (SSSR count). The summed E-state index contributed by atoms with van der Waals surface area (Å²) in [4.78, 5) is 36.4. The molecule has 0 saturated carbocycles. The predicted octanol–water partition coefficient (Wildman–Crippen LogP) is 4.90. The van der Waals surface area contributed by atoms with Gasteiger partial charge in [-0.05, 0) is 29.8 Å². The molecular weight excluding hydrogens is 451 g/mol. The van der Waals surface area contributed by atoms with Gasteiger partial charge in [-0.25, -0.2) is 4.79 Å². The first-order chi connectivity index (χ1) is 13.2. The third-order valence-electron chi connectivity index (χ3n) is 4.14. The van der Waals surface area contributed by atoms with E-state index in [1.165, 1.54) is 28.8 Å². The lowest BCUT2D eigenvalue weighted by atomic mass is 10.1. The van der Waals surface area contributed by atoms with Gasteiger partial charge >= 0.3 is 5.97 Å². The van der Waals surface area contributed by atoms with E-state index in [2.05, 4.69) is 0 Å². The predicted molar refractivity (Wildman–Crippen MR) is 107 cm³/mol. The second-order valence-corrected chi connectivity index (χ2v) is 8.18. The van der Waals surface area contributed by atoms with E-state index in [0.29, 0.717) is 10.6 Å². The van der Waals surface area contributed by atoms with Crippen LogP contribution < -0.4 is 0 Å². The van der Waals surface area contributed by atoms with Crippen molar-refractivity contribution in [3.8, 4) is 0 Å². The number of nitro benzene ring substituents is 1. The first kappa shape index (κ1) is 20.7. The molecule has 1 heterocycles. The van der Waals surface area contributed by atoms with Crippen LogP contribution in [0.2, 0.25) is 15.1 Å². The number of carbonyl (C=O) groups excluding carboxylic acids is 1. The summed E-state index contributed by atoms with van der Waals surface area (Å²) in [5.41, 5.74) is 0.132. The number of thioether (sulfide) groups is 1. The Bertz CT molecular complexity index is 987. The Balaban J connectivity index is 2.04. The van der Waals surface area contributed by atoms with Crippen LogP contribution in [0.3, 0.4) is 0 Å². The van der Waals surface area contributed by atoms with Gasteiger partial charge in [-0.3, -0.25) is 14.9 Å². The molecule has 2 aromatic carbocycles. The fourth-order valence-corrected chi connectivity index (χ4v) is 4.71. The summed E-state index contributed by atoms with van der Waals surface area (Å²) in [6.45, 7) is 0. The molecule has 28 heavy (non-hydrogen) atoms. The molecule has 7 nitrogen and oxygen atoms in total. The summed E-state index contributed by atoms with van der Waals surface area (Å²) in [5, 5.41) is 20.5. The van der Waals surface area contributed by atoms with E-state index in [-0.39, 0.29) is 21.4 Å². The standard InChI is InChI=1S/C17H11Cl3N2O5S/c18-10-3-2-9(5-12(10)20)16-21(14(7-28-16)17(24)25)15(23)8-1-4-11(19)13(6-8)22(26)27/h1-6,14,16H,7H2,(H,24,25). The fourth-order valence-electron chi connectivity index (χ4n) is 2.80. The van der Waals surface area contributed by atoms with Crippen molar-refractivity contribution in [1.29, 1.82) is 0 Å². The highest BCUT2D eigenvalue weighted by atomic mass is 35.5. The molecule has 0 radical (unpaired) electrons. The maximum atomic E-state index is 13.1. The number of carbonyl (C=O) groups is 2. The maximum absolute atomic E-state index is 13.1. The monoisotopic (exact) mass is 460 g/mol. The molecular formula is C17H11Cl3N2O5S. The molecule has 1 aliphatic heterocycles. The minimum atomic E-state index is -1.17. The van der Waals surface area contributed by atoms with Crippen molar-refractivity contribution < 1.29 is 19.6 Å². The number of aliphatic carboxylic acids is 1. The molecule has 1 aliphatic rings. The highest BCUT2D eigenvalue weighted by molar-refractivity contribution is 7.99. The van der Waals surface area contributed by atoms with Crippen molar-refractivity contribution in [3.63, 3.8) is 0 Å². The molecule has 1 N–H and O–H groups in total. The fraction of sp³-hybridized carbons (Fsp3) is 0.176. The van der Waals surface area contributed by atoms with Gasteiger partial charge in [0.15, 0.2) is 0 Å². The Morgan fingerprint density at radius 3 is 2.39 bits per heavy atom. The van der Waals surface area contributed by atoms with E-state index >= 15 is 0 Å². The molecule has 0 aliphatic carbocycles. The van der Waals surface area contributed by atoms with Crippen LogP contribution in [0.15, 0.2) is 36.4 Å². The van der Waals surface area contributed by atoms with Gasteiger partial charge in [0, 0.05) is 17.4 Å². The van der Waals surface area contributed by atoms with E-state index < -0.39 is 33.9 Å². The number of nitro groups is 1. The van der Waals surface area contributed by atoms with Crippen LogP contribution >= 0.6 is 46.6 Å². The number of halogens is 3. The SMILES string of the molecule is O=C(O)C1CSC(c2ccc(Cl)c(Cl)c2)N1C(=O)c1ccc(Cl)c([N+](=O)[O-])c1. The van der Waals surface area contributed by atoms with Crippen molar-refractivity contribution in [2.45, 2.75) is 11.4 Å². The third-order valence-corrected chi connectivity index (χ3v) is 6.52. The minimum Gasteiger partial charge on any atom is -0.480 e. The molecule has 1 amide bonds. The van der Waals surface area contributed by atoms with E-state index in [9.17, 15) is 24.8 Å². The Morgan fingerprint density at radius 1 is 1.11 bits per heavy atom. The lowest BCUT2D eigenvalue weighted by molar-refractivity contribution is -0.384. The van der Waals surface area contributed by atoms with Crippen LogP contribution in [0, 0.1) is 10.1 Å². The highest BCUT2D eigenvalue weighted by Crippen LogP contribution is 2.44. The summed E-state index contributed by atoms with van der Waals surface area (Å²) in [6, 6.07) is 7.27. The molecule has 0 bridgehead atoms. The topological polar surface area (TPSA) is 101 Å². The van der Waals surface area contributed by atoms with Crippen LogP contribution in [0.4, 0.5) is 5.69 Å². The number of amides is 1. The number of nitrogens with zero attached hydrogens (tertiary/aromatic N) is 2. The molecule has 2 aromatic rings. The van der Waals surface area contributed by atoms with Crippen molar-refractivity contribution in [1.82, 2.24) is 4.90 Å². The summed E-state index contributed by atoms with van der Waals surface area (Å²) < 4.78 is 0. The number of hydrogen-bond acceptors (Lipinski definition) is 5. The first-order valence-corrected chi connectivity index (χ1v) is 9.95. The summed E-state index contributed by atoms with van der Waals surface area (Å²) >= 11 is 19.0. The van der Waals surface area contributed by atoms with Crippen molar-refractivity contribution in [3.05, 3.63) is 72.7 Å². The second kappa shape index (κ2) is 8.16. The zero-order valence-corrected chi connectivity index (χ0v) is 16.9. The Hall–Kier alpha value is -2.00. The van der Waals surface area contributed by atoms with Gasteiger partial charge in [0.2, 0.25) is 0 Å². The Morgan fingerprint density at radius 2 is 1.79 bits per heavy atom. The Kier molecular flexibility index (Phi) is 6.04. The normalized spacial score (nSPS) is 18.9. The van der Waals surface area contributed by atoms with Crippen LogP contribution in [0.5, 0.6) is 0 Å². The average molecular weight is 462 g/mol. The lowest BCUT2D eigenvalue weighted by Crippen LogP contribution is -2.43. The number of rotatable bonds is 4. The number of carboxylic acid groups (broad SMARTS) is 1. The van der Waals surface area contributed by atoms with Crippen LogP contribution in [0.25, 0.3) is 0 Å². The molecule has 0 spiro atoms. The van der Waals surface area contributed by atoms with Crippen molar-refractivity contribution in [2.75, 3.05) is 5.75 Å². The first-order valence-electron chi connectivity index (χ1n) is 7.76. The summed E-state index contributed by atoms with van der Waals surface area (Å²) in [5.74, 6) is -1.68. The quantitative estimate of drug-likeness (QED) is 0.513. The van der Waals surface area contributed by atoms with Crippen molar-refractivity contribution in [2.24, 2.45) is 0 Å². The average Bonchev–Trinajstić information content (AvgIpc) is 3.09. The third kappa shape index (κ3) is 3.91. The van der Waals surface area contributed by atoms with Gasteiger partial charge in [0.05, 0.1) is 15.0 Å². The molecule has 0 aromatic heterocycles. The summed E-state index contributed by atoms with van der Waals surface area (Å²) in [7, 11) is 0. The van der Waals surface area contributed by atoms with Gasteiger partial charge in [-0.1, -0.05) is 40.9 Å². The largest absolute Gasteiger partial charge is 0.480 e. The highest BCUT2D eigenvalue weighted by Gasteiger charge is 2.43. The molecule has 1 fully saturated rings. The smallest absolute Gasteiger partial charge is 0.327 e. The molecule has 2 atom stereocenters. The number of carboxylic acids is 1. The van der Waals surface area contributed by atoms with Crippen LogP contribution in [-0.4, -0.2) is 38.6 Å². The van der Waals surface area contributed by atoms with Gasteiger partial charge in [0.1, 0.15) is 16.4 Å². The molecule has 11 heteroatoms. The lowest BCUT2D eigenvalue weighted by Gasteiger charge is -2.28. The van der Waals surface area contributed by atoms with Crippen LogP contribution in [0.1, 0.15) is 21.3 Å². The van der Waals surface area contributed by atoms with Gasteiger partial charge in [0.25, 0.3) is 11.6 Å². The molecule has 1 saturated heterocycles. The molecule has 2 unspecified atom stereocenters. The van der Waals surface area contributed by atoms with Gasteiger partial charge in [-0.15, -0.1) is 11.8 Å². The minimum absolute atomic E-state index is 0.0325. The second-order valence-electron chi connectivity index (χ2n) is 5.85. The maximum Gasteiger partial charge on any atom is 0.327 e. The number of benzene rings is 2. The molecule has 146 valence electrons. The van der Waals surface area contributed by atoms with E-state index in [1.807, 2.05) is 0 Å². The van der Waals surface area contributed by atoms with E-state index in [1.54, 1.807) is 18.2 Å². The Labute approximate surface area is 178 Å². The summed E-state index contributed by atoms with van der Waals surface area (Å²) in [6.07, 6.45) is 0. The number of hydrogen-bond donors (Lipinski definition) is 1. The zero-order chi connectivity index (χ0) is 20.6. The van der Waals surface area contributed by atoms with Gasteiger partial charge in [-0.2, -0.15) is 0 Å². The van der Waals surface area contributed by atoms with E-state index in [0.717, 1.165) is 6.07 Å². The van der Waals surface area contributed by atoms with Gasteiger partial charge < -0.3 is 10.0 Å². The van der Waals surface area contributed by atoms with E-state index in [4.69, 9.17) is 34.8 Å². The van der Waals surface area contributed by atoms with Crippen molar-refractivity contribution >= 4 is 64.1 Å².